The van der Waals surface area contributed by atoms with Crippen LogP contribution in [0.1, 0.15) is 50.2 Å². The molecule has 1 N–H and O–H groups in total. The van der Waals surface area contributed by atoms with Crippen LogP contribution in [0, 0.1) is 12.8 Å². The van der Waals surface area contributed by atoms with E-state index in [4.69, 9.17) is 14.5 Å². The highest BCUT2D eigenvalue weighted by Crippen LogP contribution is 2.26. The predicted octanol–water partition coefficient (Wildman–Crippen LogP) is 2.50. The number of nitrogens with zero attached hydrogens (tertiary/aromatic N) is 5. The van der Waals surface area contributed by atoms with E-state index in [1.807, 2.05) is 18.5 Å². The van der Waals surface area contributed by atoms with Crippen molar-refractivity contribution in [2.45, 2.75) is 58.1 Å². The Morgan fingerprint density at radius 2 is 1.90 bits per heavy atom. The number of methoxy groups -OCH3 is 1. The molecular formula is C20H37IN6O2. The second-order valence-electron chi connectivity index (χ2n) is 7.95. The van der Waals surface area contributed by atoms with Gasteiger partial charge in [0, 0.05) is 40.4 Å². The van der Waals surface area contributed by atoms with Gasteiger partial charge in [-0.3, -0.25) is 0 Å². The van der Waals surface area contributed by atoms with E-state index in [1.54, 1.807) is 7.11 Å². The normalized spacial score (nSPS) is 18.9. The molecule has 9 heteroatoms. The zero-order chi connectivity index (χ0) is 19.8. The van der Waals surface area contributed by atoms with Crippen molar-refractivity contribution < 1.29 is 9.47 Å². The Bertz CT molecular complexity index is 624. The summed E-state index contributed by atoms with van der Waals surface area (Å²) in [6.45, 7) is 6.74. The molecule has 0 aromatic carbocycles. The van der Waals surface area contributed by atoms with Gasteiger partial charge in [-0.25, -0.2) is 4.99 Å². The second kappa shape index (κ2) is 12.7. The van der Waals surface area contributed by atoms with Crippen molar-refractivity contribution in [3.8, 4) is 0 Å². The zero-order valence-corrected chi connectivity index (χ0v) is 20.4. The Labute approximate surface area is 191 Å². The molecule has 0 spiro atoms. The average molecular weight is 520 g/mol. The summed E-state index contributed by atoms with van der Waals surface area (Å²) in [7, 11) is 3.69. The average Bonchev–Trinajstić information content (AvgIpc) is 3.34. The number of piperidine rings is 1. The van der Waals surface area contributed by atoms with Gasteiger partial charge in [0.05, 0.1) is 12.7 Å². The summed E-state index contributed by atoms with van der Waals surface area (Å²) >= 11 is 0. The van der Waals surface area contributed by atoms with Crippen LogP contribution in [-0.2, 0) is 23.1 Å². The summed E-state index contributed by atoms with van der Waals surface area (Å²) in [5.74, 6) is 3.49. The first-order chi connectivity index (χ1) is 13.7. The van der Waals surface area contributed by atoms with E-state index >= 15 is 0 Å². The van der Waals surface area contributed by atoms with Crippen molar-refractivity contribution in [3.05, 3.63) is 11.6 Å². The summed E-state index contributed by atoms with van der Waals surface area (Å²) in [5, 5.41) is 11.8. The zero-order valence-electron chi connectivity index (χ0n) is 18.1. The SMILES string of the molecule is COCCNC(=NCc1nnc(C)n1C)N1CCC(OCC2CCCC2)CC1.I. The molecule has 0 radical (unpaired) electrons. The number of aryl methyl sites for hydroxylation is 1. The van der Waals surface area contributed by atoms with Gasteiger partial charge in [-0.05, 0) is 38.5 Å². The minimum Gasteiger partial charge on any atom is -0.383 e. The number of likely N-dealkylation sites (tertiary alicyclic amines) is 1. The molecule has 2 fully saturated rings. The Morgan fingerprint density at radius 1 is 1.17 bits per heavy atom. The van der Waals surface area contributed by atoms with Gasteiger partial charge in [-0.1, -0.05) is 12.8 Å². The summed E-state index contributed by atoms with van der Waals surface area (Å²) in [5.41, 5.74) is 0. The molecule has 166 valence electrons. The standard InChI is InChI=1S/C20H36N6O2.HI/c1-16-23-24-19(25(16)2)14-22-20(21-10-13-27-3)26-11-8-18(9-12-26)28-15-17-6-4-5-7-17;/h17-18H,4-15H2,1-3H3,(H,21,22);1H. The monoisotopic (exact) mass is 520 g/mol. The van der Waals surface area contributed by atoms with Crippen molar-refractivity contribution >= 4 is 29.9 Å². The lowest BCUT2D eigenvalue weighted by molar-refractivity contribution is 0.000956. The van der Waals surface area contributed by atoms with E-state index in [9.17, 15) is 0 Å². The van der Waals surface area contributed by atoms with E-state index < -0.39 is 0 Å². The number of rotatable bonds is 8. The Kier molecular flexibility index (Phi) is 10.6. The summed E-state index contributed by atoms with van der Waals surface area (Å²) in [4.78, 5) is 7.14. The lowest BCUT2D eigenvalue weighted by Gasteiger charge is -2.34. The largest absolute Gasteiger partial charge is 0.383 e. The fourth-order valence-electron chi connectivity index (χ4n) is 3.95. The van der Waals surface area contributed by atoms with Crippen molar-refractivity contribution in [2.75, 3.05) is 40.0 Å². The summed E-state index contributed by atoms with van der Waals surface area (Å²) in [6, 6.07) is 0. The predicted molar refractivity (Wildman–Crippen MR) is 125 cm³/mol. The van der Waals surface area contributed by atoms with Gasteiger partial charge in [0.1, 0.15) is 12.4 Å². The maximum absolute atomic E-state index is 6.21. The van der Waals surface area contributed by atoms with Crippen LogP contribution < -0.4 is 5.32 Å². The van der Waals surface area contributed by atoms with Crippen molar-refractivity contribution in [3.63, 3.8) is 0 Å². The minimum absolute atomic E-state index is 0. The lowest BCUT2D eigenvalue weighted by atomic mass is 10.1. The molecule has 1 saturated carbocycles. The van der Waals surface area contributed by atoms with Gasteiger partial charge >= 0.3 is 0 Å². The van der Waals surface area contributed by atoms with Gasteiger partial charge in [0.2, 0.25) is 0 Å². The highest BCUT2D eigenvalue weighted by molar-refractivity contribution is 14.0. The molecule has 0 unspecified atom stereocenters. The molecule has 2 heterocycles. The molecular weight excluding hydrogens is 483 g/mol. The molecule has 0 amide bonds. The topological polar surface area (TPSA) is 76.8 Å². The first-order valence-electron chi connectivity index (χ1n) is 10.7. The van der Waals surface area contributed by atoms with E-state index in [0.29, 0.717) is 19.3 Å². The number of aromatic nitrogens is 3. The number of guanidine groups is 1. The molecule has 1 saturated heterocycles. The molecule has 2 aliphatic rings. The molecule has 1 aliphatic heterocycles. The third-order valence-corrected chi connectivity index (χ3v) is 5.93. The smallest absolute Gasteiger partial charge is 0.194 e. The maximum atomic E-state index is 6.21. The third kappa shape index (κ3) is 7.36. The van der Waals surface area contributed by atoms with Crippen LogP contribution in [0.15, 0.2) is 4.99 Å². The quantitative estimate of drug-likeness (QED) is 0.246. The number of hydrogen-bond acceptors (Lipinski definition) is 5. The van der Waals surface area contributed by atoms with E-state index in [2.05, 4.69) is 20.4 Å². The fourth-order valence-corrected chi connectivity index (χ4v) is 3.95. The van der Waals surface area contributed by atoms with Crippen LogP contribution in [0.25, 0.3) is 0 Å². The van der Waals surface area contributed by atoms with E-state index in [-0.39, 0.29) is 24.0 Å². The second-order valence-corrected chi connectivity index (χ2v) is 7.95. The van der Waals surface area contributed by atoms with Gasteiger partial charge in [0.15, 0.2) is 11.8 Å². The van der Waals surface area contributed by atoms with Crippen LogP contribution in [0.2, 0.25) is 0 Å². The van der Waals surface area contributed by atoms with Crippen LogP contribution in [-0.4, -0.2) is 71.7 Å². The highest BCUT2D eigenvalue weighted by Gasteiger charge is 2.24. The van der Waals surface area contributed by atoms with Crippen LogP contribution in [0.3, 0.4) is 0 Å². The van der Waals surface area contributed by atoms with Crippen molar-refractivity contribution in [2.24, 2.45) is 18.0 Å². The van der Waals surface area contributed by atoms with Crippen molar-refractivity contribution in [1.82, 2.24) is 25.0 Å². The molecule has 1 aliphatic carbocycles. The molecule has 0 atom stereocenters. The number of nitrogens with one attached hydrogen (secondary N) is 1. The van der Waals surface area contributed by atoms with Gasteiger partial charge < -0.3 is 24.3 Å². The molecule has 1 aromatic heterocycles. The molecule has 29 heavy (non-hydrogen) atoms. The minimum atomic E-state index is 0. The molecule has 1 aromatic rings. The number of aliphatic imine (C=N–C) groups is 1. The Morgan fingerprint density at radius 3 is 2.52 bits per heavy atom. The number of halogens is 1. The molecule has 8 nitrogen and oxygen atoms in total. The number of ether oxygens (including phenoxy) is 2. The first-order valence-corrected chi connectivity index (χ1v) is 10.7. The van der Waals surface area contributed by atoms with Gasteiger partial charge in [0.25, 0.3) is 0 Å². The third-order valence-electron chi connectivity index (χ3n) is 5.93. The van der Waals surface area contributed by atoms with Crippen molar-refractivity contribution in [1.29, 1.82) is 0 Å². The number of hydrogen-bond donors (Lipinski definition) is 1. The van der Waals surface area contributed by atoms with E-state index in [0.717, 1.165) is 62.6 Å². The molecule has 0 bridgehead atoms. The summed E-state index contributed by atoms with van der Waals surface area (Å²) < 4.78 is 13.4. The summed E-state index contributed by atoms with van der Waals surface area (Å²) in [6.07, 6.45) is 7.95. The maximum Gasteiger partial charge on any atom is 0.194 e. The lowest BCUT2D eigenvalue weighted by Crippen LogP contribution is -2.48. The fraction of sp³-hybridized carbons (Fsp3) is 0.850. The van der Waals surface area contributed by atoms with Crippen LogP contribution in [0.4, 0.5) is 0 Å². The van der Waals surface area contributed by atoms with Gasteiger partial charge in [-0.2, -0.15) is 0 Å². The highest BCUT2D eigenvalue weighted by atomic mass is 127. The van der Waals surface area contributed by atoms with Gasteiger partial charge in [-0.15, -0.1) is 34.2 Å². The van der Waals surface area contributed by atoms with Crippen LogP contribution >= 0.6 is 24.0 Å². The Balaban J connectivity index is 0.00000300. The molecule has 3 rings (SSSR count). The first kappa shape index (κ1) is 24.3. The van der Waals surface area contributed by atoms with E-state index in [1.165, 1.54) is 25.7 Å². The van der Waals surface area contributed by atoms with Crippen LogP contribution in [0.5, 0.6) is 0 Å². The Hall–Kier alpha value is -0.940.